The average molecular weight is 227 g/mol. The second-order valence-corrected chi connectivity index (χ2v) is 3.32. The van der Waals surface area contributed by atoms with E-state index in [1.165, 1.54) is 12.1 Å². The molecule has 3 N–H and O–H groups in total. The molecule has 0 bridgehead atoms. The summed E-state index contributed by atoms with van der Waals surface area (Å²) in [6, 6.07) is 5.16. The van der Waals surface area contributed by atoms with E-state index in [0.717, 1.165) is 0 Å². The Morgan fingerprint density at radius 2 is 2.19 bits per heavy atom. The van der Waals surface area contributed by atoms with Gasteiger partial charge in [-0.15, -0.1) is 0 Å². The van der Waals surface area contributed by atoms with E-state index in [1.807, 2.05) is 0 Å². The lowest BCUT2D eigenvalue weighted by Crippen LogP contribution is -2.33. The second-order valence-electron chi connectivity index (χ2n) is 3.32. The molecule has 88 valence electrons. The van der Waals surface area contributed by atoms with Gasteiger partial charge in [-0.1, -0.05) is 18.2 Å². The summed E-state index contributed by atoms with van der Waals surface area (Å²) in [6.07, 6.45) is 0.135. The van der Waals surface area contributed by atoms with Crippen molar-refractivity contribution in [2.45, 2.75) is 19.1 Å². The van der Waals surface area contributed by atoms with Gasteiger partial charge in [0.1, 0.15) is 18.5 Å². The first-order chi connectivity index (χ1) is 7.65. The number of rotatable bonds is 5. The zero-order valence-corrected chi connectivity index (χ0v) is 8.73. The largest absolute Gasteiger partial charge is 0.460 e. The van der Waals surface area contributed by atoms with Crippen molar-refractivity contribution in [1.29, 1.82) is 0 Å². The predicted octanol–water partition coefficient (Wildman–Crippen LogP) is 0.579. The molecule has 0 saturated heterocycles. The molecule has 4 nitrogen and oxygen atoms in total. The van der Waals surface area contributed by atoms with Crippen LogP contribution in [0.3, 0.4) is 0 Å². The van der Waals surface area contributed by atoms with Crippen LogP contribution in [0.25, 0.3) is 0 Å². The first kappa shape index (κ1) is 12.6. The van der Waals surface area contributed by atoms with Crippen LogP contribution >= 0.6 is 0 Å². The maximum atomic E-state index is 13.1. The number of hydrogen-bond donors (Lipinski definition) is 2. The molecule has 0 unspecified atom stereocenters. The Labute approximate surface area is 92.8 Å². The molecule has 0 amide bonds. The molecule has 0 fully saturated rings. The molecule has 0 aliphatic rings. The third-order valence-electron chi connectivity index (χ3n) is 2.07. The van der Waals surface area contributed by atoms with Crippen molar-refractivity contribution in [3.8, 4) is 0 Å². The smallest absolute Gasteiger partial charge is 0.323 e. The average Bonchev–Trinajstić information content (AvgIpc) is 2.28. The highest BCUT2D eigenvalue weighted by molar-refractivity contribution is 5.75. The zero-order chi connectivity index (χ0) is 12.0. The minimum atomic E-state index is -0.864. The molecule has 0 aliphatic heterocycles. The van der Waals surface area contributed by atoms with E-state index >= 15 is 0 Å². The molecular formula is C11H14FNO3. The molecule has 1 aromatic rings. The summed E-state index contributed by atoms with van der Waals surface area (Å²) in [5, 5.41) is 8.57. The number of ether oxygens (including phenoxy) is 1. The van der Waals surface area contributed by atoms with Gasteiger partial charge in [-0.05, 0) is 12.5 Å². The Morgan fingerprint density at radius 3 is 2.81 bits per heavy atom. The second kappa shape index (κ2) is 6.19. The maximum Gasteiger partial charge on any atom is 0.323 e. The minimum Gasteiger partial charge on any atom is -0.460 e. The van der Waals surface area contributed by atoms with Crippen molar-refractivity contribution >= 4 is 5.97 Å². The SMILES string of the molecule is N[C@@H](CCO)C(=O)OCc1ccccc1F. The summed E-state index contributed by atoms with van der Waals surface area (Å²) in [4.78, 5) is 11.2. The summed E-state index contributed by atoms with van der Waals surface area (Å²) in [5.41, 5.74) is 5.70. The Bertz CT molecular complexity index is 357. The van der Waals surface area contributed by atoms with Crippen LogP contribution in [-0.4, -0.2) is 23.7 Å². The van der Waals surface area contributed by atoms with Crippen LogP contribution < -0.4 is 5.73 Å². The van der Waals surface area contributed by atoms with Crippen molar-refractivity contribution in [2.75, 3.05) is 6.61 Å². The fraction of sp³-hybridized carbons (Fsp3) is 0.364. The van der Waals surface area contributed by atoms with Gasteiger partial charge in [0.25, 0.3) is 0 Å². The van der Waals surface area contributed by atoms with Crippen LogP contribution in [0.4, 0.5) is 4.39 Å². The Kier molecular flexibility index (Phi) is 4.88. The first-order valence-electron chi connectivity index (χ1n) is 4.91. The van der Waals surface area contributed by atoms with E-state index in [-0.39, 0.29) is 19.6 Å². The number of benzene rings is 1. The highest BCUT2D eigenvalue weighted by atomic mass is 19.1. The number of halogens is 1. The van der Waals surface area contributed by atoms with Gasteiger partial charge in [0.2, 0.25) is 0 Å². The van der Waals surface area contributed by atoms with E-state index in [0.29, 0.717) is 5.56 Å². The molecule has 0 spiro atoms. The fourth-order valence-corrected chi connectivity index (χ4v) is 1.13. The lowest BCUT2D eigenvalue weighted by molar-refractivity contribution is -0.147. The number of aliphatic hydroxyl groups excluding tert-OH is 1. The highest BCUT2D eigenvalue weighted by Gasteiger charge is 2.14. The summed E-state index contributed by atoms with van der Waals surface area (Å²) < 4.78 is 17.9. The molecule has 1 atom stereocenters. The summed E-state index contributed by atoms with van der Waals surface area (Å²) in [6.45, 7) is -0.333. The monoisotopic (exact) mass is 227 g/mol. The van der Waals surface area contributed by atoms with Gasteiger partial charge in [0.05, 0.1) is 0 Å². The third kappa shape index (κ3) is 3.60. The molecule has 1 rings (SSSR count). The van der Waals surface area contributed by atoms with Crippen molar-refractivity contribution in [3.63, 3.8) is 0 Å². The molecule has 0 saturated carbocycles. The Hall–Kier alpha value is -1.46. The molecule has 0 aromatic heterocycles. The lowest BCUT2D eigenvalue weighted by atomic mass is 10.2. The van der Waals surface area contributed by atoms with Crippen molar-refractivity contribution < 1.29 is 19.0 Å². The topological polar surface area (TPSA) is 72.5 Å². The lowest BCUT2D eigenvalue weighted by Gasteiger charge is -2.10. The third-order valence-corrected chi connectivity index (χ3v) is 2.07. The van der Waals surface area contributed by atoms with E-state index in [2.05, 4.69) is 0 Å². The molecular weight excluding hydrogens is 213 g/mol. The predicted molar refractivity (Wildman–Crippen MR) is 55.9 cm³/mol. The molecule has 0 heterocycles. The van der Waals surface area contributed by atoms with E-state index < -0.39 is 17.8 Å². The van der Waals surface area contributed by atoms with Gasteiger partial charge in [-0.3, -0.25) is 4.79 Å². The zero-order valence-electron chi connectivity index (χ0n) is 8.73. The quantitative estimate of drug-likeness (QED) is 0.722. The molecule has 0 radical (unpaired) electrons. The van der Waals surface area contributed by atoms with Crippen LogP contribution in [0.1, 0.15) is 12.0 Å². The van der Waals surface area contributed by atoms with Crippen LogP contribution in [0.15, 0.2) is 24.3 Å². The van der Waals surface area contributed by atoms with Crippen LogP contribution in [-0.2, 0) is 16.1 Å². The van der Waals surface area contributed by atoms with Gasteiger partial charge < -0.3 is 15.6 Å². The van der Waals surface area contributed by atoms with Crippen LogP contribution in [0.5, 0.6) is 0 Å². The number of nitrogens with two attached hydrogens (primary N) is 1. The molecule has 0 aliphatic carbocycles. The van der Waals surface area contributed by atoms with Gasteiger partial charge >= 0.3 is 5.97 Å². The van der Waals surface area contributed by atoms with E-state index in [1.54, 1.807) is 12.1 Å². The number of aliphatic hydroxyl groups is 1. The van der Waals surface area contributed by atoms with Gasteiger partial charge in [0.15, 0.2) is 0 Å². The first-order valence-corrected chi connectivity index (χ1v) is 4.91. The summed E-state index contributed by atoms with van der Waals surface area (Å²) >= 11 is 0. The standard InChI is InChI=1S/C11H14FNO3/c12-9-4-2-1-3-8(9)7-16-11(15)10(13)5-6-14/h1-4,10,14H,5-7,13H2/t10-/m0/s1. The van der Waals surface area contributed by atoms with E-state index in [9.17, 15) is 9.18 Å². The van der Waals surface area contributed by atoms with Crippen LogP contribution in [0, 0.1) is 5.82 Å². The Morgan fingerprint density at radius 1 is 1.50 bits per heavy atom. The number of carbonyl (C=O) groups excluding carboxylic acids is 1. The number of hydrogen-bond acceptors (Lipinski definition) is 4. The normalized spacial score (nSPS) is 12.2. The molecule has 5 heteroatoms. The van der Waals surface area contributed by atoms with Gasteiger partial charge in [-0.25, -0.2) is 4.39 Å². The number of esters is 1. The fourth-order valence-electron chi connectivity index (χ4n) is 1.13. The maximum absolute atomic E-state index is 13.1. The van der Waals surface area contributed by atoms with Crippen molar-refractivity contribution in [2.24, 2.45) is 5.73 Å². The summed E-state index contributed by atoms with van der Waals surface area (Å²) in [7, 11) is 0. The van der Waals surface area contributed by atoms with Gasteiger partial charge in [0, 0.05) is 12.2 Å². The number of carbonyl (C=O) groups is 1. The molecule has 1 aromatic carbocycles. The minimum absolute atomic E-state index is 0.135. The Balaban J connectivity index is 2.46. The van der Waals surface area contributed by atoms with Crippen molar-refractivity contribution in [1.82, 2.24) is 0 Å². The van der Waals surface area contributed by atoms with Crippen molar-refractivity contribution in [3.05, 3.63) is 35.6 Å². The highest BCUT2D eigenvalue weighted by Crippen LogP contribution is 2.08. The van der Waals surface area contributed by atoms with Gasteiger partial charge in [-0.2, -0.15) is 0 Å². The van der Waals surface area contributed by atoms with E-state index in [4.69, 9.17) is 15.6 Å². The van der Waals surface area contributed by atoms with Crippen LogP contribution in [0.2, 0.25) is 0 Å². The molecule has 16 heavy (non-hydrogen) atoms. The summed E-state index contributed by atoms with van der Waals surface area (Å²) in [5.74, 6) is -1.07.